The van der Waals surface area contributed by atoms with E-state index in [1.807, 2.05) is 37.3 Å². The fourth-order valence-corrected chi connectivity index (χ4v) is 3.58. The van der Waals surface area contributed by atoms with E-state index in [-0.39, 0.29) is 5.56 Å². The molecule has 0 spiro atoms. The van der Waals surface area contributed by atoms with Crippen LogP contribution in [0.15, 0.2) is 76.9 Å². The molecule has 0 saturated heterocycles. The van der Waals surface area contributed by atoms with Crippen molar-refractivity contribution in [2.75, 3.05) is 11.4 Å². The number of fused-ring (bicyclic) bond motifs is 1. The summed E-state index contributed by atoms with van der Waals surface area (Å²) in [5.74, 6) is 0. The standard InChI is InChI=1S/C25H25N3O/c1-3-4-18-27-21(15-14-20-10-8-9-13-24(20)27)16-17-23-19(2)26-28(25(23)29)22-11-6-5-7-12-22/h5-15,17,26H,3-4,18H2,1-2H3. The third-order valence-electron chi connectivity index (χ3n) is 5.17. The van der Waals surface area contributed by atoms with E-state index in [0.29, 0.717) is 5.56 Å². The van der Waals surface area contributed by atoms with Crippen molar-refractivity contribution in [1.82, 2.24) is 9.78 Å². The van der Waals surface area contributed by atoms with Gasteiger partial charge in [-0.05, 0) is 49.3 Å². The van der Waals surface area contributed by atoms with Crippen molar-refractivity contribution >= 4 is 17.8 Å². The van der Waals surface area contributed by atoms with Crippen molar-refractivity contribution in [1.29, 1.82) is 0 Å². The van der Waals surface area contributed by atoms with Crippen molar-refractivity contribution in [3.05, 3.63) is 99.3 Å². The number of hydrogen-bond acceptors (Lipinski definition) is 2. The highest BCUT2D eigenvalue weighted by Crippen LogP contribution is 2.30. The number of H-pyrrole nitrogens is 1. The van der Waals surface area contributed by atoms with Gasteiger partial charge in [0.1, 0.15) is 0 Å². The number of hydrogen-bond donors (Lipinski definition) is 1. The molecule has 2 heterocycles. The molecule has 4 rings (SSSR count). The summed E-state index contributed by atoms with van der Waals surface area (Å²) in [7, 11) is 0. The van der Waals surface area contributed by atoms with Crippen LogP contribution < -0.4 is 10.5 Å². The summed E-state index contributed by atoms with van der Waals surface area (Å²) in [4.78, 5) is 15.2. The minimum absolute atomic E-state index is 0.0675. The molecule has 29 heavy (non-hydrogen) atoms. The summed E-state index contributed by atoms with van der Waals surface area (Å²) in [6, 6.07) is 18.0. The zero-order chi connectivity index (χ0) is 20.2. The maximum atomic E-state index is 12.9. The number of benzene rings is 2. The molecular weight excluding hydrogens is 358 g/mol. The summed E-state index contributed by atoms with van der Waals surface area (Å²) >= 11 is 0. The largest absolute Gasteiger partial charge is 0.335 e. The van der Waals surface area contributed by atoms with E-state index in [2.05, 4.69) is 59.1 Å². The highest BCUT2D eigenvalue weighted by Gasteiger charge is 2.16. The number of allylic oxidation sites excluding steroid dienone is 1. The number of para-hydroxylation sites is 2. The molecule has 0 atom stereocenters. The molecule has 0 amide bonds. The number of aromatic nitrogens is 2. The lowest BCUT2D eigenvalue weighted by molar-refractivity contribution is 0.771. The maximum absolute atomic E-state index is 12.9. The van der Waals surface area contributed by atoms with Crippen LogP contribution in [0.2, 0.25) is 0 Å². The first-order chi connectivity index (χ1) is 14.2. The number of nitrogens with zero attached hydrogens (tertiary/aromatic N) is 2. The van der Waals surface area contributed by atoms with Gasteiger partial charge in [0.05, 0.1) is 16.9 Å². The zero-order valence-corrected chi connectivity index (χ0v) is 16.9. The quantitative estimate of drug-likeness (QED) is 0.607. The van der Waals surface area contributed by atoms with Gasteiger partial charge in [-0.25, -0.2) is 4.68 Å². The number of anilines is 1. The fourth-order valence-electron chi connectivity index (χ4n) is 3.58. The van der Waals surface area contributed by atoms with Crippen molar-refractivity contribution in [2.45, 2.75) is 26.7 Å². The summed E-state index contributed by atoms with van der Waals surface area (Å²) in [6.07, 6.45) is 8.21. The van der Waals surface area contributed by atoms with Gasteiger partial charge in [0.2, 0.25) is 0 Å². The van der Waals surface area contributed by atoms with E-state index >= 15 is 0 Å². The summed E-state index contributed by atoms with van der Waals surface area (Å²) in [5.41, 5.74) is 8.96. The van der Waals surface area contributed by atoms with Crippen LogP contribution in [0.25, 0.3) is 17.8 Å². The highest BCUT2D eigenvalue weighted by atomic mass is 16.1. The van der Waals surface area contributed by atoms with E-state index in [4.69, 9.17) is 0 Å². The predicted octanol–water partition coefficient (Wildman–Crippen LogP) is 5.30. The van der Waals surface area contributed by atoms with Gasteiger partial charge < -0.3 is 4.90 Å². The average Bonchev–Trinajstić information content (AvgIpc) is 3.05. The van der Waals surface area contributed by atoms with Crippen LogP contribution in [0, 0.1) is 6.92 Å². The Bertz CT molecular complexity index is 1160. The number of aryl methyl sites for hydroxylation is 1. The number of nitrogens with one attached hydrogen (secondary N) is 1. The number of unbranched alkanes of at least 4 members (excludes halogenated alkanes) is 1. The van der Waals surface area contributed by atoms with Crippen molar-refractivity contribution in [2.24, 2.45) is 0 Å². The normalized spacial score (nSPS) is 12.6. The topological polar surface area (TPSA) is 41.0 Å². The molecule has 1 aliphatic rings. The van der Waals surface area contributed by atoms with Crippen molar-refractivity contribution in [3.8, 4) is 5.69 Å². The van der Waals surface area contributed by atoms with Gasteiger partial charge in [-0.15, -0.1) is 0 Å². The molecule has 0 saturated carbocycles. The molecular formula is C25H25N3O. The van der Waals surface area contributed by atoms with E-state index in [1.54, 1.807) is 10.8 Å². The van der Waals surface area contributed by atoms with Crippen molar-refractivity contribution < 1.29 is 0 Å². The maximum Gasteiger partial charge on any atom is 0.279 e. The molecule has 0 bridgehead atoms. The van der Waals surface area contributed by atoms with Crippen LogP contribution in [0.3, 0.4) is 0 Å². The van der Waals surface area contributed by atoms with Gasteiger partial charge in [0, 0.05) is 17.9 Å². The Morgan fingerprint density at radius 1 is 1.03 bits per heavy atom. The minimum atomic E-state index is -0.0675. The third kappa shape index (κ3) is 3.75. The van der Waals surface area contributed by atoms with Gasteiger partial charge >= 0.3 is 0 Å². The molecule has 0 fully saturated rings. The summed E-state index contributed by atoms with van der Waals surface area (Å²) < 4.78 is 1.58. The Kier molecular flexibility index (Phi) is 5.37. The van der Waals surface area contributed by atoms with Crippen LogP contribution >= 0.6 is 0 Å². The van der Waals surface area contributed by atoms with E-state index < -0.39 is 0 Å². The Hall–Kier alpha value is -3.49. The summed E-state index contributed by atoms with van der Waals surface area (Å²) in [5, 5.41) is 3.17. The van der Waals surface area contributed by atoms with Crippen LogP contribution in [0.1, 0.15) is 36.6 Å². The molecule has 0 unspecified atom stereocenters. The van der Waals surface area contributed by atoms with Crippen molar-refractivity contribution in [3.63, 3.8) is 0 Å². The summed E-state index contributed by atoms with van der Waals surface area (Å²) in [6.45, 7) is 5.04. The monoisotopic (exact) mass is 383 g/mol. The molecule has 1 N–H and O–H groups in total. The zero-order valence-electron chi connectivity index (χ0n) is 16.9. The first kappa shape index (κ1) is 18.9. The van der Waals surface area contributed by atoms with Gasteiger partial charge in [-0.3, -0.25) is 9.89 Å². The highest BCUT2D eigenvalue weighted by molar-refractivity contribution is 5.76. The molecule has 4 nitrogen and oxygen atoms in total. The van der Waals surface area contributed by atoms with Gasteiger partial charge in [0.25, 0.3) is 5.56 Å². The third-order valence-corrected chi connectivity index (χ3v) is 5.17. The van der Waals surface area contributed by atoms with Crippen LogP contribution in [0.5, 0.6) is 0 Å². The average molecular weight is 383 g/mol. The number of rotatable bonds is 5. The predicted molar refractivity (Wildman–Crippen MR) is 120 cm³/mol. The molecule has 146 valence electrons. The molecule has 4 heteroatoms. The minimum Gasteiger partial charge on any atom is -0.335 e. The first-order valence-corrected chi connectivity index (χ1v) is 10.1. The second kappa shape index (κ2) is 8.26. The van der Waals surface area contributed by atoms with Crippen LogP contribution in [-0.2, 0) is 0 Å². The Balaban J connectivity index is 1.76. The number of aromatic amines is 1. The van der Waals surface area contributed by atoms with Gasteiger partial charge in [-0.1, -0.05) is 61.5 Å². The lowest BCUT2D eigenvalue weighted by Gasteiger charge is -2.29. The Labute approximate surface area is 171 Å². The molecule has 0 aliphatic carbocycles. The smallest absolute Gasteiger partial charge is 0.279 e. The van der Waals surface area contributed by atoms with Gasteiger partial charge in [0.15, 0.2) is 0 Å². The second-order valence-electron chi connectivity index (χ2n) is 7.20. The molecule has 1 aromatic heterocycles. The Morgan fingerprint density at radius 2 is 1.79 bits per heavy atom. The fraction of sp³-hybridized carbons (Fsp3) is 0.200. The molecule has 2 aromatic carbocycles. The molecule has 0 radical (unpaired) electrons. The van der Waals surface area contributed by atoms with E-state index in [9.17, 15) is 4.79 Å². The van der Waals surface area contributed by atoms with E-state index in [0.717, 1.165) is 36.5 Å². The lowest BCUT2D eigenvalue weighted by atomic mass is 10.1. The Morgan fingerprint density at radius 3 is 2.59 bits per heavy atom. The second-order valence-corrected chi connectivity index (χ2v) is 7.20. The van der Waals surface area contributed by atoms with Crippen LogP contribution in [-0.4, -0.2) is 16.3 Å². The lowest BCUT2D eigenvalue weighted by Crippen LogP contribution is -2.25. The van der Waals surface area contributed by atoms with E-state index in [1.165, 1.54) is 11.3 Å². The van der Waals surface area contributed by atoms with Gasteiger partial charge in [-0.2, -0.15) is 0 Å². The SMILES string of the molecule is CCCCN1C(=C=Cc2c(C)[nH]n(-c3ccccc3)c2=O)C=Cc2ccccc21. The molecule has 3 aromatic rings. The molecule has 1 aliphatic heterocycles. The first-order valence-electron chi connectivity index (χ1n) is 10.1. The van der Waals surface area contributed by atoms with Crippen LogP contribution in [0.4, 0.5) is 5.69 Å².